The van der Waals surface area contributed by atoms with E-state index in [0.29, 0.717) is 16.5 Å². The standard InChI is InChI=1S/C14H14ClFN2O/c1-17-13(14-11(16)4-3-7-18-14)10-8-9(15)5-6-12(10)19-2/h3-8,13,17H,1-2H3. The molecule has 1 N–H and O–H groups in total. The molecule has 1 aromatic heterocycles. The molecule has 1 aromatic carbocycles. The Kier molecular flexibility index (Phi) is 4.35. The largest absolute Gasteiger partial charge is 0.496 e. The van der Waals surface area contributed by atoms with Gasteiger partial charge in [-0.1, -0.05) is 11.6 Å². The fraction of sp³-hybridized carbons (Fsp3) is 0.214. The van der Waals surface area contributed by atoms with E-state index in [4.69, 9.17) is 16.3 Å². The smallest absolute Gasteiger partial charge is 0.146 e. The molecule has 5 heteroatoms. The van der Waals surface area contributed by atoms with Crippen LogP contribution >= 0.6 is 11.6 Å². The molecule has 19 heavy (non-hydrogen) atoms. The zero-order valence-corrected chi connectivity index (χ0v) is 11.4. The molecule has 1 atom stereocenters. The zero-order chi connectivity index (χ0) is 13.8. The molecule has 0 spiro atoms. The summed E-state index contributed by atoms with van der Waals surface area (Å²) < 4.78 is 19.2. The van der Waals surface area contributed by atoms with Gasteiger partial charge in [0, 0.05) is 16.8 Å². The van der Waals surface area contributed by atoms with Crippen molar-refractivity contribution in [1.82, 2.24) is 10.3 Å². The number of hydrogen-bond donors (Lipinski definition) is 1. The van der Waals surface area contributed by atoms with Crippen LogP contribution in [0.15, 0.2) is 36.5 Å². The highest BCUT2D eigenvalue weighted by molar-refractivity contribution is 6.30. The summed E-state index contributed by atoms with van der Waals surface area (Å²) in [5, 5.41) is 3.60. The number of nitrogens with one attached hydrogen (secondary N) is 1. The number of rotatable bonds is 4. The van der Waals surface area contributed by atoms with Gasteiger partial charge in [0.15, 0.2) is 0 Å². The lowest BCUT2D eigenvalue weighted by atomic mass is 10.0. The van der Waals surface area contributed by atoms with Crippen molar-refractivity contribution in [2.45, 2.75) is 6.04 Å². The van der Waals surface area contributed by atoms with E-state index in [1.807, 2.05) is 0 Å². The molecule has 0 aliphatic heterocycles. The first-order valence-corrected chi connectivity index (χ1v) is 6.16. The summed E-state index contributed by atoms with van der Waals surface area (Å²) in [6, 6.07) is 7.74. The first-order valence-electron chi connectivity index (χ1n) is 5.78. The number of halogens is 2. The van der Waals surface area contributed by atoms with Gasteiger partial charge in [-0.05, 0) is 37.4 Å². The fourth-order valence-corrected chi connectivity index (χ4v) is 2.16. The molecule has 100 valence electrons. The maximum Gasteiger partial charge on any atom is 0.146 e. The van der Waals surface area contributed by atoms with E-state index in [-0.39, 0.29) is 5.82 Å². The number of hydrogen-bond acceptors (Lipinski definition) is 3. The summed E-state index contributed by atoms with van der Waals surface area (Å²) in [6.45, 7) is 0. The summed E-state index contributed by atoms with van der Waals surface area (Å²) in [6.07, 6.45) is 1.56. The average Bonchev–Trinajstić information content (AvgIpc) is 2.42. The van der Waals surface area contributed by atoms with Crippen LogP contribution in [0.4, 0.5) is 4.39 Å². The molecule has 0 aliphatic rings. The third-order valence-electron chi connectivity index (χ3n) is 2.85. The molecule has 3 nitrogen and oxygen atoms in total. The number of nitrogens with zero attached hydrogens (tertiary/aromatic N) is 1. The minimum atomic E-state index is -0.421. The number of ether oxygens (including phenoxy) is 1. The highest BCUT2D eigenvalue weighted by Crippen LogP contribution is 2.32. The summed E-state index contributed by atoms with van der Waals surface area (Å²) in [5.41, 5.74) is 1.06. The van der Waals surface area contributed by atoms with Crippen LogP contribution in [0.2, 0.25) is 5.02 Å². The lowest BCUT2D eigenvalue weighted by molar-refractivity contribution is 0.404. The first kappa shape index (κ1) is 13.8. The molecule has 0 saturated carbocycles. The number of aromatic nitrogens is 1. The molecule has 1 unspecified atom stereocenters. The number of pyridine rings is 1. The van der Waals surface area contributed by atoms with Crippen molar-refractivity contribution in [3.8, 4) is 5.75 Å². The summed E-state index contributed by atoms with van der Waals surface area (Å²) in [7, 11) is 3.30. The summed E-state index contributed by atoms with van der Waals surface area (Å²) >= 11 is 6.00. The van der Waals surface area contributed by atoms with Crippen molar-refractivity contribution < 1.29 is 9.13 Å². The van der Waals surface area contributed by atoms with Gasteiger partial charge in [-0.2, -0.15) is 0 Å². The number of benzene rings is 1. The molecule has 0 amide bonds. The Morgan fingerprint density at radius 2 is 2.16 bits per heavy atom. The van der Waals surface area contributed by atoms with Gasteiger partial charge in [0.2, 0.25) is 0 Å². The van der Waals surface area contributed by atoms with Crippen molar-refractivity contribution >= 4 is 11.6 Å². The van der Waals surface area contributed by atoms with Crippen LogP contribution in [0, 0.1) is 5.82 Å². The Morgan fingerprint density at radius 1 is 1.37 bits per heavy atom. The van der Waals surface area contributed by atoms with Crippen molar-refractivity contribution in [3.63, 3.8) is 0 Å². The highest BCUT2D eigenvalue weighted by atomic mass is 35.5. The molecule has 2 rings (SSSR count). The normalized spacial score (nSPS) is 12.2. The Bertz CT molecular complexity index is 577. The predicted molar refractivity (Wildman–Crippen MR) is 73.1 cm³/mol. The maximum absolute atomic E-state index is 13.9. The Morgan fingerprint density at radius 3 is 2.79 bits per heavy atom. The minimum absolute atomic E-state index is 0.311. The van der Waals surface area contributed by atoms with Gasteiger partial charge < -0.3 is 10.1 Å². The molecular weight excluding hydrogens is 267 g/mol. The molecule has 0 radical (unpaired) electrons. The second-order valence-corrected chi connectivity index (χ2v) is 4.41. The van der Waals surface area contributed by atoms with Gasteiger partial charge in [-0.15, -0.1) is 0 Å². The van der Waals surface area contributed by atoms with Crippen LogP contribution in [-0.2, 0) is 0 Å². The lowest BCUT2D eigenvalue weighted by Gasteiger charge is -2.19. The van der Waals surface area contributed by atoms with E-state index >= 15 is 0 Å². The van der Waals surface area contributed by atoms with E-state index in [2.05, 4.69) is 10.3 Å². The molecule has 2 aromatic rings. The van der Waals surface area contributed by atoms with Gasteiger partial charge >= 0.3 is 0 Å². The highest BCUT2D eigenvalue weighted by Gasteiger charge is 2.21. The monoisotopic (exact) mass is 280 g/mol. The predicted octanol–water partition coefficient (Wildman–Crippen LogP) is 3.19. The quantitative estimate of drug-likeness (QED) is 0.934. The maximum atomic E-state index is 13.9. The summed E-state index contributed by atoms with van der Waals surface area (Å²) in [4.78, 5) is 4.09. The second kappa shape index (κ2) is 5.99. The van der Waals surface area contributed by atoms with Gasteiger partial charge in [-0.3, -0.25) is 4.98 Å². The molecule has 0 aliphatic carbocycles. The number of methoxy groups -OCH3 is 1. The van der Waals surface area contributed by atoms with E-state index in [1.165, 1.54) is 6.07 Å². The SMILES string of the molecule is CNC(c1cc(Cl)ccc1OC)c1ncccc1F. The Hall–Kier alpha value is -1.65. The van der Waals surface area contributed by atoms with Gasteiger partial charge in [-0.25, -0.2) is 4.39 Å². The third-order valence-corrected chi connectivity index (χ3v) is 3.09. The first-order chi connectivity index (χ1) is 9.17. The van der Waals surface area contributed by atoms with E-state index < -0.39 is 6.04 Å². The van der Waals surface area contributed by atoms with Gasteiger partial charge in [0.05, 0.1) is 18.8 Å². The second-order valence-electron chi connectivity index (χ2n) is 3.98. The molecule has 0 saturated heterocycles. The van der Waals surface area contributed by atoms with E-state index in [9.17, 15) is 4.39 Å². The minimum Gasteiger partial charge on any atom is -0.496 e. The average molecular weight is 281 g/mol. The molecule has 1 heterocycles. The van der Waals surface area contributed by atoms with E-state index in [0.717, 1.165) is 5.56 Å². The van der Waals surface area contributed by atoms with Crippen LogP contribution in [0.5, 0.6) is 5.75 Å². The van der Waals surface area contributed by atoms with Crippen LogP contribution in [-0.4, -0.2) is 19.1 Å². The van der Waals surface area contributed by atoms with Crippen molar-refractivity contribution in [2.75, 3.05) is 14.2 Å². The van der Waals surface area contributed by atoms with Gasteiger partial charge in [0.1, 0.15) is 11.6 Å². The van der Waals surface area contributed by atoms with Crippen LogP contribution in [0.25, 0.3) is 0 Å². The van der Waals surface area contributed by atoms with Crippen LogP contribution < -0.4 is 10.1 Å². The van der Waals surface area contributed by atoms with Crippen LogP contribution in [0.3, 0.4) is 0 Å². The third kappa shape index (κ3) is 2.85. The Labute approximate surface area is 116 Å². The molecule has 0 bridgehead atoms. The molecular formula is C14H14ClFN2O. The molecule has 0 fully saturated rings. The van der Waals surface area contributed by atoms with Crippen molar-refractivity contribution in [1.29, 1.82) is 0 Å². The zero-order valence-electron chi connectivity index (χ0n) is 10.7. The lowest BCUT2D eigenvalue weighted by Crippen LogP contribution is -2.21. The fourth-order valence-electron chi connectivity index (χ4n) is 1.98. The van der Waals surface area contributed by atoms with Crippen molar-refractivity contribution in [2.24, 2.45) is 0 Å². The van der Waals surface area contributed by atoms with Crippen molar-refractivity contribution in [3.05, 3.63) is 58.6 Å². The van der Waals surface area contributed by atoms with Gasteiger partial charge in [0.25, 0.3) is 0 Å². The topological polar surface area (TPSA) is 34.1 Å². The van der Waals surface area contributed by atoms with E-state index in [1.54, 1.807) is 44.6 Å². The summed E-state index contributed by atoms with van der Waals surface area (Å²) in [5.74, 6) is 0.262. The Balaban J connectivity index is 2.54. The van der Waals surface area contributed by atoms with Crippen LogP contribution in [0.1, 0.15) is 17.3 Å².